The zero-order valence-electron chi connectivity index (χ0n) is 12.1. The standard InChI is InChI=1S/C13H22N4O3/c1-4-7-14-11-6-5-10(17(19)20)12(16-11)15-8-13(2,3)9-18/h5-6,18H,4,7-9H2,1-3H3,(H2,14,15,16). The lowest BCUT2D eigenvalue weighted by atomic mass is 9.95. The second-order valence-electron chi connectivity index (χ2n) is 5.42. The summed E-state index contributed by atoms with van der Waals surface area (Å²) in [6.07, 6.45) is 0.943. The minimum Gasteiger partial charge on any atom is -0.396 e. The molecule has 1 rings (SSSR count). The maximum absolute atomic E-state index is 11.0. The average molecular weight is 282 g/mol. The highest BCUT2D eigenvalue weighted by Crippen LogP contribution is 2.25. The number of anilines is 2. The van der Waals surface area contributed by atoms with Gasteiger partial charge < -0.3 is 15.7 Å². The van der Waals surface area contributed by atoms with Crippen molar-refractivity contribution < 1.29 is 10.0 Å². The molecule has 0 saturated carbocycles. The fourth-order valence-electron chi connectivity index (χ4n) is 1.46. The van der Waals surface area contributed by atoms with Gasteiger partial charge in [-0.1, -0.05) is 20.8 Å². The molecule has 0 bridgehead atoms. The van der Waals surface area contributed by atoms with E-state index >= 15 is 0 Å². The lowest BCUT2D eigenvalue weighted by molar-refractivity contribution is -0.384. The molecule has 112 valence electrons. The minimum absolute atomic E-state index is 0.0123. The predicted molar refractivity (Wildman–Crippen MR) is 79.0 cm³/mol. The van der Waals surface area contributed by atoms with E-state index in [2.05, 4.69) is 15.6 Å². The molecule has 1 aromatic heterocycles. The normalized spacial score (nSPS) is 11.2. The number of nitrogens with zero attached hydrogens (tertiary/aromatic N) is 2. The average Bonchev–Trinajstić information content (AvgIpc) is 2.42. The topological polar surface area (TPSA) is 100 Å². The van der Waals surface area contributed by atoms with Crippen LogP contribution in [0.2, 0.25) is 0 Å². The third-order valence-electron chi connectivity index (χ3n) is 2.79. The fraction of sp³-hybridized carbons (Fsp3) is 0.615. The predicted octanol–water partition coefficient (Wildman–Crippen LogP) is 2.24. The number of aromatic nitrogens is 1. The van der Waals surface area contributed by atoms with Gasteiger partial charge in [0.25, 0.3) is 0 Å². The van der Waals surface area contributed by atoms with E-state index in [0.29, 0.717) is 12.4 Å². The summed E-state index contributed by atoms with van der Waals surface area (Å²) in [5, 5.41) is 26.3. The van der Waals surface area contributed by atoms with E-state index in [1.807, 2.05) is 20.8 Å². The summed E-state index contributed by atoms with van der Waals surface area (Å²) in [5.41, 5.74) is -0.441. The van der Waals surface area contributed by atoms with E-state index in [4.69, 9.17) is 0 Å². The lowest BCUT2D eigenvalue weighted by Crippen LogP contribution is -2.27. The van der Waals surface area contributed by atoms with Gasteiger partial charge in [0.05, 0.1) is 4.92 Å². The van der Waals surface area contributed by atoms with E-state index in [9.17, 15) is 15.2 Å². The summed E-state index contributed by atoms with van der Waals surface area (Å²) in [6, 6.07) is 3.02. The Bertz CT molecular complexity index is 463. The summed E-state index contributed by atoms with van der Waals surface area (Å²) in [7, 11) is 0. The molecule has 3 N–H and O–H groups in total. The zero-order valence-corrected chi connectivity index (χ0v) is 12.1. The van der Waals surface area contributed by atoms with Crippen molar-refractivity contribution in [3.8, 4) is 0 Å². The Hall–Kier alpha value is -1.89. The molecule has 0 fully saturated rings. The van der Waals surface area contributed by atoms with Crippen molar-refractivity contribution in [3.63, 3.8) is 0 Å². The number of nitro groups is 1. The van der Waals surface area contributed by atoms with Crippen LogP contribution in [-0.2, 0) is 0 Å². The van der Waals surface area contributed by atoms with Gasteiger partial charge in [-0.25, -0.2) is 4.98 Å². The van der Waals surface area contributed by atoms with Crippen LogP contribution in [0, 0.1) is 15.5 Å². The van der Waals surface area contributed by atoms with Gasteiger partial charge in [0, 0.05) is 31.2 Å². The number of aliphatic hydroxyl groups is 1. The molecule has 0 radical (unpaired) electrons. The Morgan fingerprint density at radius 1 is 1.40 bits per heavy atom. The first-order chi connectivity index (χ1) is 9.39. The van der Waals surface area contributed by atoms with Crippen molar-refractivity contribution in [2.24, 2.45) is 5.41 Å². The van der Waals surface area contributed by atoms with Crippen LogP contribution in [0.5, 0.6) is 0 Å². The van der Waals surface area contributed by atoms with Crippen LogP contribution in [0.25, 0.3) is 0 Å². The van der Waals surface area contributed by atoms with E-state index < -0.39 is 4.92 Å². The van der Waals surface area contributed by atoms with Crippen LogP contribution in [0.15, 0.2) is 12.1 Å². The molecule has 0 spiro atoms. The monoisotopic (exact) mass is 282 g/mol. The molecule has 0 saturated heterocycles. The molecule has 0 aliphatic carbocycles. The van der Waals surface area contributed by atoms with Crippen LogP contribution in [-0.4, -0.2) is 34.7 Å². The maximum Gasteiger partial charge on any atom is 0.311 e. The van der Waals surface area contributed by atoms with Gasteiger partial charge in [0.15, 0.2) is 0 Å². The van der Waals surface area contributed by atoms with Crippen molar-refractivity contribution >= 4 is 17.3 Å². The SMILES string of the molecule is CCCNc1ccc([N+](=O)[O-])c(NCC(C)(C)CO)n1. The molecule has 7 nitrogen and oxygen atoms in total. The number of hydrogen-bond acceptors (Lipinski definition) is 6. The highest BCUT2D eigenvalue weighted by molar-refractivity contribution is 5.60. The van der Waals surface area contributed by atoms with Gasteiger partial charge in [0.2, 0.25) is 5.82 Å². The van der Waals surface area contributed by atoms with E-state index in [1.165, 1.54) is 6.07 Å². The van der Waals surface area contributed by atoms with Crippen molar-refractivity contribution in [3.05, 3.63) is 22.2 Å². The van der Waals surface area contributed by atoms with Crippen LogP contribution < -0.4 is 10.6 Å². The summed E-state index contributed by atoms with van der Waals surface area (Å²) in [5.74, 6) is 0.819. The van der Waals surface area contributed by atoms with Crippen molar-refractivity contribution in [1.82, 2.24) is 4.98 Å². The van der Waals surface area contributed by atoms with Crippen LogP contribution in [0.1, 0.15) is 27.2 Å². The van der Waals surface area contributed by atoms with Gasteiger partial charge >= 0.3 is 5.69 Å². The molecule has 20 heavy (non-hydrogen) atoms. The Kier molecular flexibility index (Phi) is 5.69. The summed E-state index contributed by atoms with van der Waals surface area (Å²) < 4.78 is 0. The van der Waals surface area contributed by atoms with Gasteiger partial charge in [0.1, 0.15) is 5.82 Å². The highest BCUT2D eigenvalue weighted by atomic mass is 16.6. The number of hydrogen-bond donors (Lipinski definition) is 3. The third kappa shape index (κ3) is 4.65. The van der Waals surface area contributed by atoms with E-state index in [-0.39, 0.29) is 23.5 Å². The molecule has 1 heterocycles. The Morgan fingerprint density at radius 3 is 2.65 bits per heavy atom. The second kappa shape index (κ2) is 7.04. The zero-order chi connectivity index (χ0) is 15.2. The number of aliphatic hydroxyl groups excluding tert-OH is 1. The number of nitrogens with one attached hydrogen (secondary N) is 2. The van der Waals surface area contributed by atoms with Gasteiger partial charge in [-0.3, -0.25) is 10.1 Å². The summed E-state index contributed by atoms with van der Waals surface area (Å²) in [4.78, 5) is 14.8. The van der Waals surface area contributed by atoms with Crippen LogP contribution in [0.3, 0.4) is 0 Å². The first-order valence-corrected chi connectivity index (χ1v) is 6.63. The Balaban J connectivity index is 2.91. The number of rotatable bonds is 8. The van der Waals surface area contributed by atoms with Gasteiger partial charge in [-0.15, -0.1) is 0 Å². The summed E-state index contributed by atoms with van der Waals surface area (Å²) >= 11 is 0. The maximum atomic E-state index is 11.0. The lowest BCUT2D eigenvalue weighted by Gasteiger charge is -2.22. The van der Waals surface area contributed by atoms with Gasteiger partial charge in [-0.2, -0.15) is 0 Å². The van der Waals surface area contributed by atoms with E-state index in [0.717, 1.165) is 13.0 Å². The van der Waals surface area contributed by atoms with Crippen LogP contribution in [0.4, 0.5) is 17.3 Å². The molecular formula is C13H22N4O3. The molecule has 0 unspecified atom stereocenters. The summed E-state index contributed by atoms with van der Waals surface area (Å²) in [6.45, 7) is 6.90. The molecule has 0 amide bonds. The molecule has 0 atom stereocenters. The smallest absolute Gasteiger partial charge is 0.311 e. The first-order valence-electron chi connectivity index (χ1n) is 6.63. The molecule has 1 aromatic rings. The molecule has 7 heteroatoms. The molecular weight excluding hydrogens is 260 g/mol. The first kappa shape index (κ1) is 16.2. The second-order valence-corrected chi connectivity index (χ2v) is 5.42. The molecule has 0 aliphatic heterocycles. The van der Waals surface area contributed by atoms with Gasteiger partial charge in [-0.05, 0) is 12.5 Å². The molecule has 0 aromatic carbocycles. The van der Waals surface area contributed by atoms with Crippen LogP contribution >= 0.6 is 0 Å². The Labute approximate surface area is 118 Å². The fourth-order valence-corrected chi connectivity index (χ4v) is 1.46. The van der Waals surface area contributed by atoms with Crippen molar-refractivity contribution in [1.29, 1.82) is 0 Å². The van der Waals surface area contributed by atoms with E-state index in [1.54, 1.807) is 6.07 Å². The molecule has 0 aliphatic rings. The quantitative estimate of drug-likeness (QED) is 0.499. The Morgan fingerprint density at radius 2 is 2.10 bits per heavy atom. The van der Waals surface area contributed by atoms with Crippen molar-refractivity contribution in [2.45, 2.75) is 27.2 Å². The highest BCUT2D eigenvalue weighted by Gasteiger charge is 2.21. The van der Waals surface area contributed by atoms with Crippen molar-refractivity contribution in [2.75, 3.05) is 30.3 Å². The largest absolute Gasteiger partial charge is 0.396 e. The number of pyridine rings is 1. The minimum atomic E-state index is -0.467. The third-order valence-corrected chi connectivity index (χ3v) is 2.79.